The summed E-state index contributed by atoms with van der Waals surface area (Å²) in [5.74, 6) is 0.128. The molecule has 4 nitrogen and oxygen atoms in total. The molecule has 0 aliphatic carbocycles. The van der Waals surface area contributed by atoms with E-state index in [9.17, 15) is 13.2 Å². The molecule has 1 N–H and O–H groups in total. The summed E-state index contributed by atoms with van der Waals surface area (Å²) >= 11 is 0. The van der Waals surface area contributed by atoms with Crippen LogP contribution in [0.5, 0.6) is 5.88 Å². The van der Waals surface area contributed by atoms with Crippen molar-refractivity contribution in [2.24, 2.45) is 0 Å². The van der Waals surface area contributed by atoms with Crippen LogP contribution in [0.25, 0.3) is 0 Å². The summed E-state index contributed by atoms with van der Waals surface area (Å²) in [5, 5.41) is 2.60. The van der Waals surface area contributed by atoms with Gasteiger partial charge in [0.2, 0.25) is 5.88 Å². The third-order valence-electron chi connectivity index (χ3n) is 2.84. The average Bonchev–Trinajstić information content (AvgIpc) is 2.38. The number of nitrogens with one attached hydrogen (secondary N) is 1. The number of aromatic nitrogens is 1. The number of alkyl halides is 3. The number of pyridine rings is 1. The fourth-order valence-electron chi connectivity index (χ4n) is 1.82. The van der Waals surface area contributed by atoms with Gasteiger partial charge in [-0.15, -0.1) is 0 Å². The number of halogens is 3. The van der Waals surface area contributed by atoms with Gasteiger partial charge in [0, 0.05) is 26.0 Å². The van der Waals surface area contributed by atoms with Gasteiger partial charge in [-0.25, -0.2) is 0 Å². The highest BCUT2D eigenvalue weighted by atomic mass is 19.4. The van der Waals surface area contributed by atoms with E-state index < -0.39 is 11.7 Å². The van der Waals surface area contributed by atoms with E-state index in [-0.39, 0.29) is 17.8 Å². The number of rotatable bonds is 3. The van der Waals surface area contributed by atoms with E-state index >= 15 is 0 Å². The summed E-state index contributed by atoms with van der Waals surface area (Å²) in [7, 11) is 1.51. The number of hydrogen-bond donors (Lipinski definition) is 1. The predicted molar refractivity (Wildman–Crippen MR) is 63.3 cm³/mol. The molecular formula is C12H15F3N2O2. The van der Waals surface area contributed by atoms with Crippen molar-refractivity contribution in [2.45, 2.75) is 25.1 Å². The molecule has 1 aliphatic rings. The molecule has 2 heterocycles. The van der Waals surface area contributed by atoms with Crippen LogP contribution < -0.4 is 10.1 Å². The molecule has 0 atom stereocenters. The van der Waals surface area contributed by atoms with Crippen molar-refractivity contribution in [3.8, 4) is 5.88 Å². The van der Waals surface area contributed by atoms with Gasteiger partial charge in [-0.1, -0.05) is 0 Å². The maximum absolute atomic E-state index is 12.7. The lowest BCUT2D eigenvalue weighted by atomic mass is 10.1. The molecule has 1 aromatic heterocycles. The fraction of sp³-hybridized carbons (Fsp3) is 0.583. The van der Waals surface area contributed by atoms with Crippen LogP contribution in [0.4, 0.5) is 19.0 Å². The van der Waals surface area contributed by atoms with E-state index in [0.717, 1.165) is 12.1 Å². The van der Waals surface area contributed by atoms with Crippen LogP contribution in [-0.4, -0.2) is 31.3 Å². The molecular weight excluding hydrogens is 261 g/mol. The van der Waals surface area contributed by atoms with Gasteiger partial charge in [0.15, 0.2) is 0 Å². The quantitative estimate of drug-likeness (QED) is 0.921. The third-order valence-corrected chi connectivity index (χ3v) is 2.84. The Kier molecular flexibility index (Phi) is 4.14. The van der Waals surface area contributed by atoms with Crippen LogP contribution in [0.1, 0.15) is 18.4 Å². The Balaban J connectivity index is 2.19. The topological polar surface area (TPSA) is 43.4 Å². The number of hydrogen-bond acceptors (Lipinski definition) is 4. The molecule has 19 heavy (non-hydrogen) atoms. The summed E-state index contributed by atoms with van der Waals surface area (Å²) in [5.41, 5.74) is -0.770. The minimum atomic E-state index is -4.41. The van der Waals surface area contributed by atoms with Gasteiger partial charge in [-0.05, 0) is 6.07 Å². The number of ether oxygens (including phenoxy) is 2. The van der Waals surface area contributed by atoms with Crippen molar-refractivity contribution in [2.75, 3.05) is 25.6 Å². The van der Waals surface area contributed by atoms with Crippen molar-refractivity contribution >= 4 is 5.82 Å². The van der Waals surface area contributed by atoms with Crippen molar-refractivity contribution in [1.82, 2.24) is 4.98 Å². The molecule has 1 fully saturated rings. The third kappa shape index (κ3) is 3.73. The van der Waals surface area contributed by atoms with Crippen LogP contribution in [0.2, 0.25) is 0 Å². The second-order valence-electron chi connectivity index (χ2n) is 4.26. The smallest absolute Gasteiger partial charge is 0.416 e. The summed E-state index contributed by atoms with van der Waals surface area (Å²) < 4.78 is 48.9. The van der Waals surface area contributed by atoms with Gasteiger partial charge in [-0.3, -0.25) is 0 Å². The summed E-state index contributed by atoms with van der Waals surface area (Å²) in [4.78, 5) is 3.99. The van der Waals surface area contributed by atoms with E-state index in [4.69, 9.17) is 9.47 Å². The maximum Gasteiger partial charge on any atom is 0.416 e. The monoisotopic (exact) mass is 276 g/mol. The maximum atomic E-state index is 12.7. The first-order chi connectivity index (χ1) is 8.99. The normalized spacial score (nSPS) is 17.3. The zero-order chi connectivity index (χ0) is 13.9. The molecule has 7 heteroatoms. The Morgan fingerprint density at radius 1 is 1.32 bits per heavy atom. The lowest BCUT2D eigenvalue weighted by Crippen LogP contribution is -2.26. The largest absolute Gasteiger partial charge is 0.474 e. The van der Waals surface area contributed by atoms with E-state index in [1.54, 1.807) is 0 Å². The Labute approximate surface area is 108 Å². The molecule has 2 rings (SSSR count). The highest BCUT2D eigenvalue weighted by molar-refractivity contribution is 5.42. The van der Waals surface area contributed by atoms with Gasteiger partial charge >= 0.3 is 6.18 Å². The molecule has 1 saturated heterocycles. The standard InChI is InChI=1S/C12H15F3N2O2/c1-16-10-6-8(12(13,14)15)7-11(17-10)19-9-2-4-18-5-3-9/h6-7,9H,2-5H2,1H3,(H,16,17). The molecule has 0 amide bonds. The Bertz CT molecular complexity index is 431. The molecule has 1 aromatic rings. The van der Waals surface area contributed by atoms with E-state index in [1.807, 2.05) is 0 Å². The number of anilines is 1. The van der Waals surface area contributed by atoms with Crippen molar-refractivity contribution in [1.29, 1.82) is 0 Å². The Morgan fingerprint density at radius 2 is 2.00 bits per heavy atom. The molecule has 106 valence electrons. The predicted octanol–water partition coefficient (Wildman–Crippen LogP) is 2.70. The van der Waals surface area contributed by atoms with Crippen LogP contribution in [0.3, 0.4) is 0 Å². The summed E-state index contributed by atoms with van der Waals surface area (Å²) in [6.45, 7) is 1.12. The Morgan fingerprint density at radius 3 is 2.58 bits per heavy atom. The second-order valence-corrected chi connectivity index (χ2v) is 4.26. The van der Waals surface area contributed by atoms with Crippen molar-refractivity contribution in [3.63, 3.8) is 0 Å². The highest BCUT2D eigenvalue weighted by Crippen LogP contribution is 2.33. The molecule has 0 aromatic carbocycles. The summed E-state index contributed by atoms with van der Waals surface area (Å²) in [6, 6.07) is 1.88. The van der Waals surface area contributed by atoms with Gasteiger partial charge in [0.05, 0.1) is 18.8 Å². The Hall–Kier alpha value is -1.50. The zero-order valence-electron chi connectivity index (χ0n) is 10.5. The second kappa shape index (κ2) is 5.64. The minimum Gasteiger partial charge on any atom is -0.474 e. The fourth-order valence-corrected chi connectivity index (χ4v) is 1.82. The van der Waals surface area contributed by atoms with Crippen molar-refractivity contribution in [3.05, 3.63) is 17.7 Å². The molecule has 0 unspecified atom stereocenters. The molecule has 0 saturated carbocycles. The first-order valence-corrected chi connectivity index (χ1v) is 6.00. The van der Waals surface area contributed by atoms with Gasteiger partial charge in [0.25, 0.3) is 0 Å². The highest BCUT2D eigenvalue weighted by Gasteiger charge is 2.32. The SMILES string of the molecule is CNc1cc(C(F)(F)F)cc(OC2CCOCC2)n1. The summed E-state index contributed by atoms with van der Waals surface area (Å²) in [6.07, 6.45) is -3.24. The van der Waals surface area contributed by atoms with E-state index in [2.05, 4.69) is 10.3 Å². The number of nitrogens with zero attached hydrogens (tertiary/aromatic N) is 1. The van der Waals surface area contributed by atoms with Crippen LogP contribution in [0.15, 0.2) is 12.1 Å². The zero-order valence-corrected chi connectivity index (χ0v) is 10.5. The lowest BCUT2D eigenvalue weighted by molar-refractivity contribution is -0.137. The van der Waals surface area contributed by atoms with E-state index in [0.29, 0.717) is 26.1 Å². The van der Waals surface area contributed by atoms with Crippen LogP contribution >= 0.6 is 0 Å². The van der Waals surface area contributed by atoms with E-state index in [1.165, 1.54) is 7.05 Å². The molecule has 0 bridgehead atoms. The van der Waals surface area contributed by atoms with Gasteiger partial charge in [-0.2, -0.15) is 18.2 Å². The van der Waals surface area contributed by atoms with Gasteiger partial charge in [0.1, 0.15) is 11.9 Å². The first-order valence-electron chi connectivity index (χ1n) is 6.00. The van der Waals surface area contributed by atoms with Crippen LogP contribution in [0, 0.1) is 0 Å². The molecule has 1 aliphatic heterocycles. The average molecular weight is 276 g/mol. The van der Waals surface area contributed by atoms with Crippen LogP contribution in [-0.2, 0) is 10.9 Å². The van der Waals surface area contributed by atoms with Crippen molar-refractivity contribution < 1.29 is 22.6 Å². The van der Waals surface area contributed by atoms with Gasteiger partial charge < -0.3 is 14.8 Å². The molecule has 0 spiro atoms. The molecule has 0 radical (unpaired) electrons. The first kappa shape index (κ1) is 13.9. The lowest BCUT2D eigenvalue weighted by Gasteiger charge is -2.23. The minimum absolute atomic E-state index is 0.00826.